The summed E-state index contributed by atoms with van der Waals surface area (Å²) in [5.74, 6) is -5.21. The SMILES string of the molecule is COc1cc([C@H]2Oc3cc([C@H]4Oc5cc(OS(=O)(=O)[O-])cc(O)c5C(=O)[C@@H]4OS(=O)(=O)[O-])ccc3O[C@@H]2COS(=O)(=O)[O-])ccc1OS(=O)(=O)[O-].[Na+].[Na+].[Na+].[Na+]. The Balaban J connectivity index is 0.00000378. The summed E-state index contributed by atoms with van der Waals surface area (Å²) in [7, 11) is -20.5. The Hall–Kier alpha value is -0.510. The molecule has 278 valence electrons. The second kappa shape index (κ2) is 20.2. The molecule has 0 radical (unpaired) electrons. The van der Waals surface area contributed by atoms with Crippen molar-refractivity contribution in [3.05, 3.63) is 65.2 Å². The van der Waals surface area contributed by atoms with Crippen molar-refractivity contribution >= 4 is 47.4 Å². The summed E-state index contributed by atoms with van der Waals surface area (Å²) >= 11 is 0. The van der Waals surface area contributed by atoms with Gasteiger partial charge in [0.1, 0.15) is 29.4 Å². The van der Waals surface area contributed by atoms with Gasteiger partial charge in [0.25, 0.3) is 20.8 Å². The van der Waals surface area contributed by atoms with Gasteiger partial charge in [0.15, 0.2) is 47.4 Å². The molecule has 4 atom stereocenters. The van der Waals surface area contributed by atoms with Crippen LogP contribution in [0.15, 0.2) is 48.5 Å². The topological polar surface area (TPSA) is 340 Å². The summed E-state index contributed by atoms with van der Waals surface area (Å²) in [6.07, 6.45) is -7.11. The maximum Gasteiger partial charge on any atom is 1.00 e. The average Bonchev–Trinajstić information content (AvgIpc) is 2.98. The maximum atomic E-state index is 13.4. The molecule has 30 heteroatoms. The number of Topliss-reactive ketones (excluding diaryl/α,β-unsaturated/α-hetero) is 1. The first kappa shape index (κ1) is 52.5. The largest absolute Gasteiger partial charge is 1.00 e. The number of fused-ring (bicyclic) bond motifs is 2. The molecular formula is C25H18Na4O22S4. The van der Waals surface area contributed by atoms with Gasteiger partial charge < -0.3 is 50.6 Å². The fraction of sp³-hybridized carbons (Fsp3) is 0.240. The first-order valence-electron chi connectivity index (χ1n) is 13.3. The quantitative estimate of drug-likeness (QED) is 0.100. The molecule has 22 nitrogen and oxygen atoms in total. The van der Waals surface area contributed by atoms with Crippen molar-refractivity contribution in [2.75, 3.05) is 13.7 Å². The molecular weight excluding hydrogens is 872 g/mol. The van der Waals surface area contributed by atoms with Crippen molar-refractivity contribution in [2.24, 2.45) is 0 Å². The summed E-state index contributed by atoms with van der Waals surface area (Å²) in [6, 6.07) is 7.75. The maximum absolute atomic E-state index is 13.4. The van der Waals surface area contributed by atoms with E-state index < -0.39 is 107 Å². The number of carbonyl (C=O) groups is 1. The van der Waals surface area contributed by atoms with Gasteiger partial charge in [-0.05, 0) is 29.8 Å². The minimum absolute atomic E-state index is 0. The van der Waals surface area contributed by atoms with E-state index in [0.29, 0.717) is 12.1 Å². The van der Waals surface area contributed by atoms with Gasteiger partial charge in [-0.25, -0.2) is 33.7 Å². The van der Waals surface area contributed by atoms with Crippen LogP contribution in [0.3, 0.4) is 0 Å². The number of benzene rings is 3. The van der Waals surface area contributed by atoms with Crippen LogP contribution in [-0.4, -0.2) is 88.7 Å². The summed E-state index contributed by atoms with van der Waals surface area (Å²) in [4.78, 5) is 13.4. The third-order valence-corrected chi connectivity index (χ3v) is 8.41. The minimum Gasteiger partial charge on any atom is -0.726 e. The molecule has 0 unspecified atom stereocenters. The Bertz CT molecular complexity index is 2340. The molecule has 5 rings (SSSR count). The summed E-state index contributed by atoms with van der Waals surface area (Å²) < 4.78 is 175. The van der Waals surface area contributed by atoms with Crippen LogP contribution in [0.2, 0.25) is 0 Å². The van der Waals surface area contributed by atoms with Crippen molar-refractivity contribution < 1.29 is 216 Å². The van der Waals surface area contributed by atoms with Crippen LogP contribution in [0, 0.1) is 0 Å². The van der Waals surface area contributed by atoms with Crippen molar-refractivity contribution in [1.82, 2.24) is 0 Å². The zero-order chi connectivity index (χ0) is 37.7. The zero-order valence-electron chi connectivity index (χ0n) is 28.8. The van der Waals surface area contributed by atoms with E-state index in [2.05, 4.69) is 16.7 Å². The molecule has 1 N–H and O–H groups in total. The van der Waals surface area contributed by atoms with Crippen LogP contribution >= 0.6 is 0 Å². The monoisotopic (exact) mass is 890 g/mol. The van der Waals surface area contributed by atoms with Crippen molar-refractivity contribution in [1.29, 1.82) is 0 Å². The smallest absolute Gasteiger partial charge is 0.726 e. The number of carbonyl (C=O) groups excluding carboxylic acids is 1. The molecule has 2 aliphatic rings. The van der Waals surface area contributed by atoms with E-state index >= 15 is 0 Å². The van der Waals surface area contributed by atoms with Crippen molar-refractivity contribution in [2.45, 2.75) is 24.4 Å². The Morgan fingerprint density at radius 2 is 1.24 bits per heavy atom. The molecule has 2 aliphatic heterocycles. The number of methoxy groups -OCH3 is 1. The molecule has 0 aromatic heterocycles. The fourth-order valence-corrected chi connectivity index (χ4v) is 6.38. The van der Waals surface area contributed by atoms with Gasteiger partial charge in [0.05, 0.1) is 7.11 Å². The normalized spacial score (nSPS) is 19.0. The molecule has 0 amide bonds. The third-order valence-electron chi connectivity index (χ3n) is 6.76. The standard InChI is InChI=1S/C25H22O22S4.4Na/c1-40-17-6-11(3-5-16(17)46-50(34,35)36)23-20(10-41-48(28,29)30)42-15-4-2-12(7-18(15)43-23)24-25(47-51(37,38)39)22(27)21-14(26)8-13(9-19(21)44-24)45-49(31,32)33;;;;/h2-9,20,23-26H,10H2,1H3,(H,28,29,30)(H,31,32,33)(H,34,35,36)(H,37,38,39);;;;/q;4*+1/p-4/t20-,23-,24-,25+;;;;/m1..../s1. The van der Waals surface area contributed by atoms with Crippen LogP contribution in [-0.2, 0) is 50.0 Å². The molecule has 0 bridgehead atoms. The van der Waals surface area contributed by atoms with Gasteiger partial charge in [-0.2, -0.15) is 0 Å². The van der Waals surface area contributed by atoms with Crippen molar-refractivity contribution in [3.8, 4) is 40.2 Å². The van der Waals surface area contributed by atoms with E-state index in [1.165, 1.54) is 0 Å². The Morgan fingerprint density at radius 1 is 0.655 bits per heavy atom. The second-order valence-electron chi connectivity index (χ2n) is 10.1. The average molecular weight is 891 g/mol. The number of ether oxygens (including phenoxy) is 4. The molecule has 0 spiro atoms. The van der Waals surface area contributed by atoms with Gasteiger partial charge >= 0.3 is 118 Å². The van der Waals surface area contributed by atoms with Crippen molar-refractivity contribution in [3.63, 3.8) is 0 Å². The molecule has 0 saturated carbocycles. The summed E-state index contributed by atoms with van der Waals surface area (Å²) in [5.41, 5.74) is -0.969. The first-order chi connectivity index (χ1) is 23.5. The molecule has 3 aromatic carbocycles. The summed E-state index contributed by atoms with van der Waals surface area (Å²) in [5, 5.41) is 10.4. The minimum atomic E-state index is -5.66. The van der Waals surface area contributed by atoms with Crippen LogP contribution in [0.1, 0.15) is 33.7 Å². The van der Waals surface area contributed by atoms with Crippen LogP contribution in [0.25, 0.3) is 0 Å². The number of phenols is 1. The number of phenolic OH excluding ortho intramolecular Hbond substituents is 1. The Morgan fingerprint density at radius 3 is 1.80 bits per heavy atom. The van der Waals surface area contributed by atoms with E-state index in [-0.39, 0.29) is 147 Å². The predicted molar refractivity (Wildman–Crippen MR) is 154 cm³/mol. The van der Waals surface area contributed by atoms with Gasteiger partial charge in [-0.3, -0.25) is 13.2 Å². The number of rotatable bonds is 12. The van der Waals surface area contributed by atoms with Gasteiger partial charge in [-0.1, -0.05) is 12.1 Å². The van der Waals surface area contributed by atoms with Crippen LogP contribution in [0.4, 0.5) is 0 Å². The van der Waals surface area contributed by atoms with E-state index in [9.17, 15) is 61.8 Å². The molecule has 3 aromatic rings. The Kier molecular flexibility index (Phi) is 19.3. The van der Waals surface area contributed by atoms with E-state index in [1.54, 1.807) is 0 Å². The molecule has 0 fully saturated rings. The summed E-state index contributed by atoms with van der Waals surface area (Å²) in [6.45, 7) is -0.950. The second-order valence-corrected chi connectivity index (χ2v) is 14.2. The Labute approximate surface area is 401 Å². The van der Waals surface area contributed by atoms with Gasteiger partial charge in [-0.15, -0.1) is 0 Å². The van der Waals surface area contributed by atoms with E-state index in [0.717, 1.165) is 43.5 Å². The van der Waals surface area contributed by atoms with Gasteiger partial charge in [0, 0.05) is 17.7 Å². The first-order valence-corrected chi connectivity index (χ1v) is 18.6. The number of ketones is 1. The van der Waals surface area contributed by atoms with Crippen LogP contribution < -0.4 is 146 Å². The predicted octanol–water partition coefficient (Wildman–Crippen LogP) is -12.4. The molecule has 55 heavy (non-hydrogen) atoms. The number of hydrogen-bond acceptors (Lipinski definition) is 22. The molecule has 2 heterocycles. The van der Waals surface area contributed by atoms with E-state index in [1.807, 2.05) is 0 Å². The fourth-order valence-electron chi connectivity index (χ4n) is 4.95. The third kappa shape index (κ3) is 14.0. The van der Waals surface area contributed by atoms with Gasteiger partial charge in [0.2, 0.25) is 26.6 Å². The molecule has 0 saturated heterocycles. The zero-order valence-corrected chi connectivity index (χ0v) is 40.1. The number of hydrogen-bond donors (Lipinski definition) is 1. The van der Waals surface area contributed by atoms with Crippen LogP contribution in [0.5, 0.6) is 40.2 Å². The number of aromatic hydroxyl groups is 1. The van der Waals surface area contributed by atoms with E-state index in [4.69, 9.17) is 18.9 Å². The molecule has 0 aliphatic carbocycles.